The topological polar surface area (TPSA) is 52.6 Å². The highest BCUT2D eigenvalue weighted by atomic mass is 16.3. The Hall–Kier alpha value is -1.55. The van der Waals surface area contributed by atoms with E-state index >= 15 is 0 Å². The molecule has 2 rings (SSSR count). The monoisotopic (exact) mass is 220 g/mol. The van der Waals surface area contributed by atoms with Crippen molar-refractivity contribution in [1.82, 2.24) is 0 Å². The molecule has 1 amide bonds. The number of carbonyl (C=O) groups excluding carboxylic acids is 1. The summed E-state index contributed by atoms with van der Waals surface area (Å²) in [5.74, 6) is -0.0284. The lowest BCUT2D eigenvalue weighted by Crippen LogP contribution is -2.48. The smallest absolute Gasteiger partial charge is 0.246 e. The fourth-order valence-electron chi connectivity index (χ4n) is 1.96. The molecule has 16 heavy (non-hydrogen) atoms. The Balaban J connectivity index is 2.38. The number of aliphatic hydroxyl groups is 1. The first-order valence-corrected chi connectivity index (χ1v) is 5.44. The first-order valence-electron chi connectivity index (χ1n) is 5.44. The van der Waals surface area contributed by atoms with Crippen LogP contribution in [0.5, 0.6) is 0 Å². The molecule has 0 aliphatic carbocycles. The van der Waals surface area contributed by atoms with E-state index in [1.54, 1.807) is 6.92 Å². The molecule has 2 atom stereocenters. The van der Waals surface area contributed by atoms with E-state index in [1.807, 2.05) is 36.1 Å². The molecule has 2 N–H and O–H groups in total. The van der Waals surface area contributed by atoms with Gasteiger partial charge in [-0.3, -0.25) is 4.79 Å². The van der Waals surface area contributed by atoms with Crippen LogP contribution in [-0.4, -0.2) is 29.7 Å². The minimum Gasteiger partial charge on any atom is -0.392 e. The fraction of sp³-hybridized carbons (Fsp3) is 0.417. The number of nitrogens with one attached hydrogen (secondary N) is 1. The summed E-state index contributed by atoms with van der Waals surface area (Å²) in [6.07, 6.45) is -0.457. The summed E-state index contributed by atoms with van der Waals surface area (Å²) in [4.78, 5) is 13.6. The predicted octanol–water partition coefficient (Wildman–Crippen LogP) is 1.21. The SMILES string of the molecule is CC(O)CN1c2ccccc2NC(=O)C1C. The quantitative estimate of drug-likeness (QED) is 0.787. The van der Waals surface area contributed by atoms with Crippen LogP contribution in [0, 0.1) is 0 Å². The van der Waals surface area contributed by atoms with Gasteiger partial charge in [0.1, 0.15) is 6.04 Å². The number of hydrogen-bond donors (Lipinski definition) is 2. The molecule has 0 aromatic heterocycles. The van der Waals surface area contributed by atoms with Crippen molar-refractivity contribution >= 4 is 17.3 Å². The molecule has 4 heteroatoms. The third-order valence-electron chi connectivity index (χ3n) is 2.78. The van der Waals surface area contributed by atoms with Crippen LogP contribution in [0.4, 0.5) is 11.4 Å². The van der Waals surface area contributed by atoms with Gasteiger partial charge in [0.2, 0.25) is 5.91 Å². The first-order chi connectivity index (χ1) is 7.59. The lowest BCUT2D eigenvalue weighted by Gasteiger charge is -2.36. The molecule has 1 aliphatic heterocycles. The van der Waals surface area contributed by atoms with Gasteiger partial charge in [-0.15, -0.1) is 0 Å². The summed E-state index contributed by atoms with van der Waals surface area (Å²) in [5.41, 5.74) is 1.78. The van der Waals surface area contributed by atoms with Crippen LogP contribution >= 0.6 is 0 Å². The van der Waals surface area contributed by atoms with E-state index in [2.05, 4.69) is 5.32 Å². The van der Waals surface area contributed by atoms with Crippen LogP contribution in [0.3, 0.4) is 0 Å². The van der Waals surface area contributed by atoms with Gasteiger partial charge in [-0.2, -0.15) is 0 Å². The average Bonchev–Trinajstić information content (AvgIpc) is 2.24. The molecule has 0 saturated carbocycles. The summed E-state index contributed by atoms with van der Waals surface area (Å²) >= 11 is 0. The maximum atomic E-state index is 11.7. The molecule has 4 nitrogen and oxygen atoms in total. The molecule has 0 saturated heterocycles. The summed E-state index contributed by atoms with van der Waals surface area (Å²) in [5, 5.41) is 12.3. The standard InChI is InChI=1S/C12H16N2O2/c1-8(15)7-14-9(2)12(16)13-10-5-3-4-6-11(10)14/h3-6,8-9,15H,7H2,1-2H3,(H,13,16). The zero-order valence-corrected chi connectivity index (χ0v) is 9.47. The first kappa shape index (κ1) is 11.0. The molecule has 0 bridgehead atoms. The number of nitrogens with zero attached hydrogens (tertiary/aromatic N) is 1. The molecule has 2 unspecified atom stereocenters. The Morgan fingerprint density at radius 1 is 1.50 bits per heavy atom. The molecule has 1 aliphatic rings. The van der Waals surface area contributed by atoms with E-state index in [9.17, 15) is 9.90 Å². The maximum Gasteiger partial charge on any atom is 0.246 e. The second-order valence-electron chi connectivity index (χ2n) is 4.18. The molecule has 0 fully saturated rings. The number of rotatable bonds is 2. The van der Waals surface area contributed by atoms with Gasteiger partial charge < -0.3 is 15.3 Å². The number of para-hydroxylation sites is 2. The van der Waals surface area contributed by atoms with Crippen molar-refractivity contribution < 1.29 is 9.90 Å². The number of hydrogen-bond acceptors (Lipinski definition) is 3. The van der Waals surface area contributed by atoms with Crippen molar-refractivity contribution in [1.29, 1.82) is 0 Å². The molecular weight excluding hydrogens is 204 g/mol. The van der Waals surface area contributed by atoms with E-state index in [4.69, 9.17) is 0 Å². The summed E-state index contributed by atoms with van der Waals surface area (Å²) < 4.78 is 0. The second-order valence-corrected chi connectivity index (χ2v) is 4.18. The van der Waals surface area contributed by atoms with Crippen LogP contribution in [-0.2, 0) is 4.79 Å². The van der Waals surface area contributed by atoms with Crippen molar-refractivity contribution in [2.24, 2.45) is 0 Å². The van der Waals surface area contributed by atoms with Crippen molar-refractivity contribution in [3.8, 4) is 0 Å². The highest BCUT2D eigenvalue weighted by Crippen LogP contribution is 2.31. The highest BCUT2D eigenvalue weighted by Gasteiger charge is 2.29. The van der Waals surface area contributed by atoms with E-state index in [-0.39, 0.29) is 11.9 Å². The van der Waals surface area contributed by atoms with Gasteiger partial charge in [0.15, 0.2) is 0 Å². The second kappa shape index (κ2) is 4.14. The molecule has 1 aromatic carbocycles. The lowest BCUT2D eigenvalue weighted by molar-refractivity contribution is -0.117. The van der Waals surface area contributed by atoms with Crippen molar-refractivity contribution in [2.45, 2.75) is 26.0 Å². The Morgan fingerprint density at radius 2 is 2.19 bits per heavy atom. The van der Waals surface area contributed by atoms with Gasteiger partial charge in [0, 0.05) is 6.54 Å². The normalized spacial score (nSPS) is 21.3. The molecule has 1 heterocycles. The number of fused-ring (bicyclic) bond motifs is 1. The Labute approximate surface area is 94.9 Å². The van der Waals surface area contributed by atoms with E-state index in [0.29, 0.717) is 6.54 Å². The number of carbonyl (C=O) groups is 1. The van der Waals surface area contributed by atoms with Gasteiger partial charge in [0.05, 0.1) is 17.5 Å². The van der Waals surface area contributed by atoms with Crippen molar-refractivity contribution in [3.63, 3.8) is 0 Å². The van der Waals surface area contributed by atoms with Gasteiger partial charge >= 0.3 is 0 Å². The highest BCUT2D eigenvalue weighted by molar-refractivity contribution is 6.03. The number of aliphatic hydroxyl groups excluding tert-OH is 1. The minimum atomic E-state index is -0.457. The molecule has 0 spiro atoms. The number of benzene rings is 1. The molecule has 86 valence electrons. The van der Waals surface area contributed by atoms with Crippen LogP contribution < -0.4 is 10.2 Å². The number of β-amino-alcohol motifs (C(OH)–C–C–N with tert-alkyl or cyclic N) is 1. The summed E-state index contributed by atoms with van der Waals surface area (Å²) in [6, 6.07) is 7.39. The van der Waals surface area contributed by atoms with Crippen LogP contribution in [0.1, 0.15) is 13.8 Å². The third-order valence-corrected chi connectivity index (χ3v) is 2.78. The van der Waals surface area contributed by atoms with Crippen LogP contribution in [0.15, 0.2) is 24.3 Å². The van der Waals surface area contributed by atoms with Gasteiger partial charge in [0.25, 0.3) is 0 Å². The Kier molecular flexibility index (Phi) is 2.83. The lowest BCUT2D eigenvalue weighted by atomic mass is 10.1. The largest absolute Gasteiger partial charge is 0.392 e. The summed E-state index contributed by atoms with van der Waals surface area (Å²) in [6.45, 7) is 4.03. The van der Waals surface area contributed by atoms with E-state index < -0.39 is 6.10 Å². The molecule has 1 aromatic rings. The molecular formula is C12H16N2O2. The average molecular weight is 220 g/mol. The Morgan fingerprint density at radius 3 is 2.88 bits per heavy atom. The minimum absolute atomic E-state index is 0.0284. The van der Waals surface area contributed by atoms with Crippen molar-refractivity contribution in [3.05, 3.63) is 24.3 Å². The number of anilines is 2. The third kappa shape index (κ3) is 1.88. The van der Waals surface area contributed by atoms with Gasteiger partial charge in [-0.05, 0) is 26.0 Å². The van der Waals surface area contributed by atoms with Gasteiger partial charge in [-0.1, -0.05) is 12.1 Å². The maximum absolute atomic E-state index is 11.7. The fourth-order valence-corrected chi connectivity index (χ4v) is 1.96. The van der Waals surface area contributed by atoms with Gasteiger partial charge in [-0.25, -0.2) is 0 Å². The van der Waals surface area contributed by atoms with E-state index in [0.717, 1.165) is 11.4 Å². The predicted molar refractivity (Wildman–Crippen MR) is 63.6 cm³/mol. The zero-order chi connectivity index (χ0) is 11.7. The Bertz CT molecular complexity index is 404. The van der Waals surface area contributed by atoms with E-state index in [1.165, 1.54) is 0 Å². The summed E-state index contributed by atoms with van der Waals surface area (Å²) in [7, 11) is 0. The van der Waals surface area contributed by atoms with Crippen molar-refractivity contribution in [2.75, 3.05) is 16.8 Å². The van der Waals surface area contributed by atoms with Crippen LogP contribution in [0.2, 0.25) is 0 Å². The molecule has 0 radical (unpaired) electrons. The zero-order valence-electron chi connectivity index (χ0n) is 9.47. The van der Waals surface area contributed by atoms with Crippen LogP contribution in [0.25, 0.3) is 0 Å². The number of amides is 1.